The zero-order valence-corrected chi connectivity index (χ0v) is 16.8. The lowest BCUT2D eigenvalue weighted by molar-refractivity contribution is 0.0950. The first kappa shape index (κ1) is 21.6. The summed E-state index contributed by atoms with van der Waals surface area (Å²) < 4.78 is 21.6. The number of carbonyl (C=O) groups is 1. The van der Waals surface area contributed by atoms with Crippen LogP contribution in [0, 0.1) is 0 Å². The molecular formula is C22H29NO5. The topological polar surface area (TPSA) is 66.0 Å². The van der Waals surface area contributed by atoms with Gasteiger partial charge in [-0.05, 0) is 48.4 Å². The quantitative estimate of drug-likeness (QED) is 0.561. The summed E-state index contributed by atoms with van der Waals surface area (Å²) in [5.74, 6) is 1.94. The van der Waals surface area contributed by atoms with Crippen molar-refractivity contribution in [1.82, 2.24) is 5.32 Å². The number of nitrogens with one attached hydrogen (secondary N) is 1. The van der Waals surface area contributed by atoms with E-state index in [0.29, 0.717) is 43.4 Å². The second kappa shape index (κ2) is 11.9. The first-order valence-corrected chi connectivity index (χ1v) is 9.47. The van der Waals surface area contributed by atoms with Crippen LogP contribution in [0.1, 0.15) is 35.7 Å². The van der Waals surface area contributed by atoms with Crippen molar-refractivity contribution in [3.63, 3.8) is 0 Å². The fraction of sp³-hybridized carbons (Fsp3) is 0.409. The van der Waals surface area contributed by atoms with E-state index in [4.69, 9.17) is 18.9 Å². The smallest absolute Gasteiger partial charge is 0.251 e. The number of amides is 1. The molecule has 0 bridgehead atoms. The fourth-order valence-electron chi connectivity index (χ4n) is 2.50. The number of methoxy groups -OCH3 is 2. The molecule has 152 valence electrons. The first-order valence-electron chi connectivity index (χ1n) is 9.47. The normalized spacial score (nSPS) is 10.4. The Hall–Kier alpha value is -2.73. The molecule has 1 amide bonds. The molecule has 0 spiro atoms. The molecule has 0 atom stereocenters. The van der Waals surface area contributed by atoms with E-state index in [1.807, 2.05) is 18.2 Å². The molecule has 0 aliphatic rings. The molecule has 6 heteroatoms. The average Bonchev–Trinajstić information content (AvgIpc) is 2.73. The van der Waals surface area contributed by atoms with Crippen LogP contribution in [0.2, 0.25) is 0 Å². The number of hydrogen-bond acceptors (Lipinski definition) is 5. The van der Waals surface area contributed by atoms with Gasteiger partial charge < -0.3 is 24.3 Å². The van der Waals surface area contributed by atoms with Gasteiger partial charge in [-0.3, -0.25) is 4.79 Å². The van der Waals surface area contributed by atoms with Crippen LogP contribution in [-0.4, -0.2) is 39.9 Å². The SMILES string of the molecule is CCCCOc1ccc(CNC(=O)c2ccc(OCCOC)cc2)cc1OC. The van der Waals surface area contributed by atoms with E-state index in [9.17, 15) is 4.79 Å². The van der Waals surface area contributed by atoms with Gasteiger partial charge in [-0.2, -0.15) is 0 Å². The van der Waals surface area contributed by atoms with Crippen LogP contribution < -0.4 is 19.5 Å². The fourth-order valence-corrected chi connectivity index (χ4v) is 2.50. The van der Waals surface area contributed by atoms with Gasteiger partial charge in [0.25, 0.3) is 5.91 Å². The van der Waals surface area contributed by atoms with Gasteiger partial charge in [0.1, 0.15) is 12.4 Å². The third-order valence-corrected chi connectivity index (χ3v) is 4.11. The highest BCUT2D eigenvalue weighted by Crippen LogP contribution is 2.28. The molecule has 2 rings (SSSR count). The number of rotatable bonds is 12. The van der Waals surface area contributed by atoms with E-state index in [1.165, 1.54) is 0 Å². The monoisotopic (exact) mass is 387 g/mol. The van der Waals surface area contributed by atoms with Crippen molar-refractivity contribution in [2.75, 3.05) is 34.0 Å². The van der Waals surface area contributed by atoms with E-state index in [-0.39, 0.29) is 5.91 Å². The van der Waals surface area contributed by atoms with Crippen LogP contribution in [0.4, 0.5) is 0 Å². The molecule has 2 aromatic rings. The van der Waals surface area contributed by atoms with E-state index in [1.54, 1.807) is 38.5 Å². The summed E-state index contributed by atoms with van der Waals surface area (Å²) in [4.78, 5) is 12.4. The molecular weight excluding hydrogens is 358 g/mol. The number of hydrogen-bond donors (Lipinski definition) is 1. The number of ether oxygens (including phenoxy) is 4. The number of benzene rings is 2. The maximum absolute atomic E-state index is 12.4. The second-order valence-corrected chi connectivity index (χ2v) is 6.24. The van der Waals surface area contributed by atoms with Crippen molar-refractivity contribution in [3.8, 4) is 17.2 Å². The molecule has 0 saturated carbocycles. The molecule has 0 heterocycles. The Morgan fingerprint density at radius 1 is 0.929 bits per heavy atom. The summed E-state index contributed by atoms with van der Waals surface area (Å²) >= 11 is 0. The zero-order valence-electron chi connectivity index (χ0n) is 16.8. The molecule has 2 aromatic carbocycles. The van der Waals surface area contributed by atoms with Crippen molar-refractivity contribution in [3.05, 3.63) is 53.6 Å². The standard InChI is InChI=1S/C22H29NO5/c1-4-5-12-28-20-11-6-17(15-21(20)26-3)16-23-22(24)18-7-9-19(10-8-18)27-14-13-25-2/h6-11,15H,4-5,12-14,16H2,1-3H3,(H,23,24). The van der Waals surface area contributed by atoms with Gasteiger partial charge in [-0.1, -0.05) is 19.4 Å². The predicted octanol–water partition coefficient (Wildman–Crippen LogP) is 3.83. The molecule has 0 aliphatic heterocycles. The highest BCUT2D eigenvalue weighted by atomic mass is 16.5. The van der Waals surface area contributed by atoms with Crippen molar-refractivity contribution in [1.29, 1.82) is 0 Å². The average molecular weight is 387 g/mol. The molecule has 0 radical (unpaired) electrons. The summed E-state index contributed by atoms with van der Waals surface area (Å²) in [6.45, 7) is 4.18. The molecule has 0 saturated heterocycles. The number of unbranched alkanes of at least 4 members (excludes halogenated alkanes) is 1. The van der Waals surface area contributed by atoms with Gasteiger partial charge in [-0.25, -0.2) is 0 Å². The molecule has 0 unspecified atom stereocenters. The third kappa shape index (κ3) is 6.78. The maximum Gasteiger partial charge on any atom is 0.251 e. The number of carbonyl (C=O) groups excluding carboxylic acids is 1. The highest BCUT2D eigenvalue weighted by molar-refractivity contribution is 5.94. The lowest BCUT2D eigenvalue weighted by Crippen LogP contribution is -2.22. The minimum absolute atomic E-state index is 0.148. The van der Waals surface area contributed by atoms with E-state index < -0.39 is 0 Å². The Morgan fingerprint density at radius 2 is 1.71 bits per heavy atom. The van der Waals surface area contributed by atoms with Gasteiger partial charge in [0, 0.05) is 19.2 Å². The van der Waals surface area contributed by atoms with E-state index in [2.05, 4.69) is 12.2 Å². The summed E-state index contributed by atoms with van der Waals surface area (Å²) in [6, 6.07) is 12.7. The van der Waals surface area contributed by atoms with Crippen LogP contribution in [0.25, 0.3) is 0 Å². The molecule has 6 nitrogen and oxygen atoms in total. The summed E-state index contributed by atoms with van der Waals surface area (Å²) in [7, 11) is 3.24. The Morgan fingerprint density at radius 3 is 2.39 bits per heavy atom. The summed E-state index contributed by atoms with van der Waals surface area (Å²) in [5.41, 5.74) is 1.51. The van der Waals surface area contributed by atoms with Crippen molar-refractivity contribution in [2.24, 2.45) is 0 Å². The van der Waals surface area contributed by atoms with Crippen molar-refractivity contribution < 1.29 is 23.7 Å². The van der Waals surface area contributed by atoms with E-state index >= 15 is 0 Å². The summed E-state index contributed by atoms with van der Waals surface area (Å²) in [6.07, 6.45) is 2.07. The molecule has 1 N–H and O–H groups in total. The van der Waals surface area contributed by atoms with Crippen molar-refractivity contribution >= 4 is 5.91 Å². The van der Waals surface area contributed by atoms with Gasteiger partial charge in [0.05, 0.1) is 20.3 Å². The second-order valence-electron chi connectivity index (χ2n) is 6.24. The highest BCUT2D eigenvalue weighted by Gasteiger charge is 2.09. The Kier molecular flexibility index (Phi) is 9.15. The Bertz CT molecular complexity index is 730. The minimum atomic E-state index is -0.148. The largest absolute Gasteiger partial charge is 0.493 e. The third-order valence-electron chi connectivity index (χ3n) is 4.11. The Labute approximate surface area is 166 Å². The maximum atomic E-state index is 12.4. The van der Waals surface area contributed by atoms with Gasteiger partial charge in [0.2, 0.25) is 0 Å². The molecule has 28 heavy (non-hydrogen) atoms. The molecule has 0 fully saturated rings. The van der Waals surface area contributed by atoms with Gasteiger partial charge >= 0.3 is 0 Å². The van der Waals surface area contributed by atoms with E-state index in [0.717, 1.165) is 24.2 Å². The first-order chi connectivity index (χ1) is 13.7. The lowest BCUT2D eigenvalue weighted by Gasteiger charge is -2.12. The van der Waals surface area contributed by atoms with Crippen LogP contribution in [-0.2, 0) is 11.3 Å². The van der Waals surface area contributed by atoms with Crippen LogP contribution in [0.15, 0.2) is 42.5 Å². The lowest BCUT2D eigenvalue weighted by atomic mass is 10.1. The van der Waals surface area contributed by atoms with Crippen molar-refractivity contribution in [2.45, 2.75) is 26.3 Å². The van der Waals surface area contributed by atoms with Crippen LogP contribution in [0.5, 0.6) is 17.2 Å². The molecule has 0 aromatic heterocycles. The Balaban J connectivity index is 1.89. The minimum Gasteiger partial charge on any atom is -0.493 e. The van der Waals surface area contributed by atoms with Crippen LogP contribution in [0.3, 0.4) is 0 Å². The zero-order chi connectivity index (χ0) is 20.2. The van der Waals surface area contributed by atoms with Gasteiger partial charge in [-0.15, -0.1) is 0 Å². The van der Waals surface area contributed by atoms with Gasteiger partial charge in [0.15, 0.2) is 11.5 Å². The predicted molar refractivity (Wildman–Crippen MR) is 108 cm³/mol. The summed E-state index contributed by atoms with van der Waals surface area (Å²) in [5, 5.41) is 2.91. The molecule has 0 aliphatic carbocycles. The van der Waals surface area contributed by atoms with Crippen LogP contribution >= 0.6 is 0 Å².